The second-order valence-electron chi connectivity index (χ2n) is 4.46. The van der Waals surface area contributed by atoms with Crippen LogP contribution >= 0.6 is 0 Å². The van der Waals surface area contributed by atoms with Crippen molar-refractivity contribution in [1.29, 1.82) is 5.26 Å². The highest BCUT2D eigenvalue weighted by Crippen LogP contribution is 2.34. The number of alkyl halides is 3. The molecule has 2 aromatic carbocycles. The third-order valence-corrected chi connectivity index (χ3v) is 2.92. The maximum Gasteiger partial charge on any atom is 0.416 e. The fourth-order valence-electron chi connectivity index (χ4n) is 1.85. The van der Waals surface area contributed by atoms with E-state index >= 15 is 0 Å². The number of aryl methyl sites for hydroxylation is 1. The van der Waals surface area contributed by atoms with Gasteiger partial charge in [-0.2, -0.15) is 18.4 Å². The third-order valence-electron chi connectivity index (χ3n) is 2.92. The molecule has 0 atom stereocenters. The van der Waals surface area contributed by atoms with Crippen LogP contribution in [-0.2, 0) is 6.18 Å². The quantitative estimate of drug-likeness (QED) is 0.810. The molecule has 0 spiro atoms. The minimum absolute atomic E-state index is 0.00553. The van der Waals surface area contributed by atoms with Gasteiger partial charge in [0.25, 0.3) is 0 Å². The molecular formula is C15H10F4N2. The number of nitrogens with zero attached hydrogens (tertiary/aromatic N) is 1. The van der Waals surface area contributed by atoms with Crippen molar-refractivity contribution in [3.8, 4) is 6.07 Å². The molecule has 0 heterocycles. The molecular weight excluding hydrogens is 284 g/mol. The van der Waals surface area contributed by atoms with E-state index in [1.807, 2.05) is 0 Å². The van der Waals surface area contributed by atoms with Crippen LogP contribution in [-0.4, -0.2) is 0 Å². The lowest BCUT2D eigenvalue weighted by Gasteiger charge is -2.13. The minimum atomic E-state index is -4.47. The van der Waals surface area contributed by atoms with E-state index in [-0.39, 0.29) is 22.5 Å². The molecule has 0 aromatic heterocycles. The maximum absolute atomic E-state index is 13.7. The molecule has 0 radical (unpaired) electrons. The normalized spacial score (nSPS) is 11.0. The largest absolute Gasteiger partial charge is 0.416 e. The lowest BCUT2D eigenvalue weighted by molar-refractivity contribution is -0.138. The Morgan fingerprint density at radius 1 is 1.10 bits per heavy atom. The smallest absolute Gasteiger partial charge is 0.353 e. The van der Waals surface area contributed by atoms with Gasteiger partial charge in [-0.05, 0) is 42.8 Å². The number of nitrogens with one attached hydrogen (secondary N) is 1. The Kier molecular flexibility index (Phi) is 3.85. The Labute approximate surface area is 118 Å². The van der Waals surface area contributed by atoms with Crippen LogP contribution in [0.25, 0.3) is 0 Å². The van der Waals surface area contributed by atoms with Crippen molar-refractivity contribution in [2.24, 2.45) is 0 Å². The van der Waals surface area contributed by atoms with Gasteiger partial charge in [0, 0.05) is 5.69 Å². The van der Waals surface area contributed by atoms with E-state index in [0.29, 0.717) is 0 Å². The number of anilines is 2. The second-order valence-corrected chi connectivity index (χ2v) is 4.46. The van der Waals surface area contributed by atoms with Gasteiger partial charge >= 0.3 is 6.18 Å². The van der Waals surface area contributed by atoms with Crippen LogP contribution in [0.15, 0.2) is 36.4 Å². The summed E-state index contributed by atoms with van der Waals surface area (Å²) >= 11 is 0. The zero-order valence-electron chi connectivity index (χ0n) is 10.9. The van der Waals surface area contributed by atoms with Crippen LogP contribution in [0, 0.1) is 24.1 Å². The average Bonchev–Trinajstić information content (AvgIpc) is 2.41. The van der Waals surface area contributed by atoms with Gasteiger partial charge in [-0.15, -0.1) is 0 Å². The molecule has 6 heteroatoms. The van der Waals surface area contributed by atoms with Crippen molar-refractivity contribution in [3.63, 3.8) is 0 Å². The summed E-state index contributed by atoms with van der Waals surface area (Å²) in [6.07, 6.45) is -4.47. The summed E-state index contributed by atoms with van der Waals surface area (Å²) in [4.78, 5) is 0. The van der Waals surface area contributed by atoms with Gasteiger partial charge in [0.1, 0.15) is 5.82 Å². The standard InChI is InChI=1S/C15H10F4N2/c1-9-2-4-11(7-12(9)15(17,18)19)21-14-5-3-10(8-20)6-13(14)16/h2-7,21H,1H3. The predicted octanol–water partition coefficient (Wildman–Crippen LogP) is 4.77. The lowest BCUT2D eigenvalue weighted by Crippen LogP contribution is -2.08. The van der Waals surface area contributed by atoms with Crippen LogP contribution in [0.3, 0.4) is 0 Å². The van der Waals surface area contributed by atoms with E-state index in [2.05, 4.69) is 5.32 Å². The molecule has 0 unspecified atom stereocenters. The van der Waals surface area contributed by atoms with Crippen molar-refractivity contribution in [2.45, 2.75) is 13.1 Å². The summed E-state index contributed by atoms with van der Waals surface area (Å²) in [6, 6.07) is 9.15. The fraction of sp³-hybridized carbons (Fsp3) is 0.133. The van der Waals surface area contributed by atoms with E-state index in [1.54, 1.807) is 6.07 Å². The summed E-state index contributed by atoms with van der Waals surface area (Å²) in [5.74, 6) is -0.705. The Balaban J connectivity index is 2.35. The highest BCUT2D eigenvalue weighted by atomic mass is 19.4. The maximum atomic E-state index is 13.7. The molecule has 2 aromatic rings. The molecule has 0 aliphatic heterocycles. The Morgan fingerprint density at radius 2 is 1.81 bits per heavy atom. The van der Waals surface area contributed by atoms with Gasteiger partial charge in [-0.1, -0.05) is 6.07 Å². The first-order valence-electron chi connectivity index (χ1n) is 5.96. The molecule has 0 bridgehead atoms. The van der Waals surface area contributed by atoms with E-state index in [1.165, 1.54) is 31.2 Å². The first-order valence-corrected chi connectivity index (χ1v) is 5.96. The molecule has 0 fully saturated rings. The third kappa shape index (κ3) is 3.31. The van der Waals surface area contributed by atoms with Crippen molar-refractivity contribution in [3.05, 3.63) is 58.9 Å². The zero-order valence-corrected chi connectivity index (χ0v) is 10.9. The van der Waals surface area contributed by atoms with Gasteiger partial charge in [0.2, 0.25) is 0 Å². The van der Waals surface area contributed by atoms with E-state index < -0.39 is 17.6 Å². The van der Waals surface area contributed by atoms with Crippen LogP contribution < -0.4 is 5.32 Å². The summed E-state index contributed by atoms with van der Waals surface area (Å²) in [5.41, 5.74) is -0.421. The second kappa shape index (κ2) is 5.44. The molecule has 108 valence electrons. The summed E-state index contributed by atoms with van der Waals surface area (Å²) in [6.45, 7) is 1.36. The number of rotatable bonds is 2. The average molecular weight is 294 g/mol. The van der Waals surface area contributed by atoms with Gasteiger partial charge in [-0.3, -0.25) is 0 Å². The number of hydrogen-bond donors (Lipinski definition) is 1. The molecule has 2 nitrogen and oxygen atoms in total. The molecule has 1 N–H and O–H groups in total. The van der Waals surface area contributed by atoms with E-state index in [0.717, 1.165) is 12.1 Å². The molecule has 0 aliphatic rings. The number of benzene rings is 2. The Bertz CT molecular complexity index is 715. The van der Waals surface area contributed by atoms with Crippen molar-refractivity contribution in [1.82, 2.24) is 0 Å². The van der Waals surface area contributed by atoms with Crippen molar-refractivity contribution in [2.75, 3.05) is 5.32 Å². The molecule has 0 aliphatic carbocycles. The van der Waals surface area contributed by atoms with Crippen LogP contribution in [0.4, 0.5) is 28.9 Å². The highest BCUT2D eigenvalue weighted by Gasteiger charge is 2.32. The zero-order chi connectivity index (χ0) is 15.6. The Morgan fingerprint density at radius 3 is 2.38 bits per heavy atom. The van der Waals surface area contributed by atoms with E-state index in [9.17, 15) is 17.6 Å². The Hall–Kier alpha value is -2.55. The number of hydrogen-bond acceptors (Lipinski definition) is 2. The number of halogens is 4. The predicted molar refractivity (Wildman–Crippen MR) is 70.6 cm³/mol. The molecule has 2 rings (SSSR count). The van der Waals surface area contributed by atoms with Crippen LogP contribution in [0.1, 0.15) is 16.7 Å². The number of nitriles is 1. The van der Waals surface area contributed by atoms with Crippen molar-refractivity contribution >= 4 is 11.4 Å². The monoisotopic (exact) mass is 294 g/mol. The molecule has 21 heavy (non-hydrogen) atoms. The minimum Gasteiger partial charge on any atom is -0.353 e. The van der Waals surface area contributed by atoms with E-state index in [4.69, 9.17) is 5.26 Å². The van der Waals surface area contributed by atoms with Crippen molar-refractivity contribution < 1.29 is 17.6 Å². The van der Waals surface area contributed by atoms with Gasteiger partial charge in [0.15, 0.2) is 0 Å². The van der Waals surface area contributed by atoms with Crippen LogP contribution in [0.5, 0.6) is 0 Å². The summed E-state index contributed by atoms with van der Waals surface area (Å²) in [5, 5.41) is 11.2. The van der Waals surface area contributed by atoms with Gasteiger partial charge < -0.3 is 5.32 Å². The summed E-state index contributed by atoms with van der Waals surface area (Å²) in [7, 11) is 0. The molecule has 0 amide bonds. The first kappa shape index (κ1) is 14.9. The first-order chi connectivity index (χ1) is 9.81. The lowest BCUT2D eigenvalue weighted by atomic mass is 10.1. The molecule has 0 saturated carbocycles. The van der Waals surface area contributed by atoms with Crippen LogP contribution in [0.2, 0.25) is 0 Å². The summed E-state index contributed by atoms with van der Waals surface area (Å²) < 4.78 is 52.1. The highest BCUT2D eigenvalue weighted by molar-refractivity contribution is 5.62. The fourth-order valence-corrected chi connectivity index (χ4v) is 1.85. The molecule has 0 saturated heterocycles. The topological polar surface area (TPSA) is 35.8 Å². The van der Waals surface area contributed by atoms with Gasteiger partial charge in [-0.25, -0.2) is 4.39 Å². The SMILES string of the molecule is Cc1ccc(Nc2ccc(C#N)cc2F)cc1C(F)(F)F. The van der Waals surface area contributed by atoms with Gasteiger partial charge in [0.05, 0.1) is 22.9 Å².